The van der Waals surface area contributed by atoms with Crippen LogP contribution in [0.15, 0.2) is 23.1 Å². The third-order valence-electron chi connectivity index (χ3n) is 3.80. The first-order chi connectivity index (χ1) is 9.22. The number of thioether (sulfide) groups is 1. The van der Waals surface area contributed by atoms with E-state index in [1.807, 2.05) is 24.8 Å². The predicted octanol–water partition coefficient (Wildman–Crippen LogP) is 4.92. The first-order valence-corrected chi connectivity index (χ1v) is 8.28. The Labute approximate surface area is 120 Å². The molecule has 0 spiro atoms. The van der Waals surface area contributed by atoms with E-state index in [-0.39, 0.29) is 11.9 Å². The van der Waals surface area contributed by atoms with Crippen LogP contribution >= 0.6 is 11.8 Å². The normalized spacial score (nSPS) is 18.5. The Bertz CT molecular complexity index is 402. The van der Waals surface area contributed by atoms with E-state index in [0.29, 0.717) is 5.25 Å². The molecule has 1 N–H and O–H groups in total. The van der Waals surface area contributed by atoms with Crippen LogP contribution in [0, 0.1) is 5.82 Å². The summed E-state index contributed by atoms with van der Waals surface area (Å²) >= 11 is 1.88. The van der Waals surface area contributed by atoms with Gasteiger partial charge in [0.15, 0.2) is 0 Å². The van der Waals surface area contributed by atoms with Crippen LogP contribution in [0.25, 0.3) is 0 Å². The van der Waals surface area contributed by atoms with Crippen LogP contribution in [0.5, 0.6) is 0 Å². The molecular weight excluding hydrogens is 257 g/mol. The fraction of sp³-hybridized carbons (Fsp3) is 0.625. The predicted molar refractivity (Wildman–Crippen MR) is 81.2 cm³/mol. The minimum Gasteiger partial charge on any atom is -0.310 e. The molecule has 1 aliphatic rings. The lowest BCUT2D eigenvalue weighted by Gasteiger charge is -2.24. The van der Waals surface area contributed by atoms with Gasteiger partial charge in [0, 0.05) is 21.8 Å². The highest BCUT2D eigenvalue weighted by Gasteiger charge is 2.20. The maximum Gasteiger partial charge on any atom is 0.129 e. The second-order valence-corrected chi connectivity index (χ2v) is 6.65. The van der Waals surface area contributed by atoms with E-state index in [1.54, 1.807) is 6.07 Å². The summed E-state index contributed by atoms with van der Waals surface area (Å²) in [6, 6.07) is 5.57. The van der Waals surface area contributed by atoms with Crippen molar-refractivity contribution in [1.29, 1.82) is 0 Å². The van der Waals surface area contributed by atoms with Crippen LogP contribution in [-0.2, 0) is 0 Å². The van der Waals surface area contributed by atoms with Gasteiger partial charge >= 0.3 is 0 Å². The minimum absolute atomic E-state index is 0.0748. The minimum atomic E-state index is -0.0748. The molecule has 0 aliphatic heterocycles. The second kappa shape index (κ2) is 7.30. The van der Waals surface area contributed by atoms with Crippen molar-refractivity contribution in [1.82, 2.24) is 5.32 Å². The monoisotopic (exact) mass is 281 g/mol. The molecule has 0 aromatic heterocycles. The maximum atomic E-state index is 14.1. The molecular formula is C16H24FNS. The number of nitrogens with one attached hydrogen (secondary N) is 1. The lowest BCUT2D eigenvalue weighted by atomic mass is 10.0. The number of hydrogen-bond donors (Lipinski definition) is 1. The quantitative estimate of drug-likeness (QED) is 0.822. The molecule has 0 saturated heterocycles. The molecule has 1 saturated carbocycles. The zero-order chi connectivity index (χ0) is 13.7. The third-order valence-corrected chi connectivity index (χ3v) is 5.22. The molecule has 0 heterocycles. The van der Waals surface area contributed by atoms with Crippen molar-refractivity contribution in [3.05, 3.63) is 29.6 Å². The second-order valence-electron chi connectivity index (χ2n) is 5.31. The molecule has 0 amide bonds. The average molecular weight is 281 g/mol. The summed E-state index contributed by atoms with van der Waals surface area (Å²) in [4.78, 5) is 1.13. The molecule has 1 aliphatic carbocycles. The molecule has 1 unspecified atom stereocenters. The summed E-state index contributed by atoms with van der Waals surface area (Å²) in [5.41, 5.74) is 0.847. The van der Waals surface area contributed by atoms with Crippen LogP contribution in [0.3, 0.4) is 0 Å². The van der Waals surface area contributed by atoms with Gasteiger partial charge in [0.25, 0.3) is 0 Å². The highest BCUT2D eigenvalue weighted by molar-refractivity contribution is 8.00. The van der Waals surface area contributed by atoms with Crippen molar-refractivity contribution in [2.75, 3.05) is 6.54 Å². The fourth-order valence-electron chi connectivity index (χ4n) is 2.81. The summed E-state index contributed by atoms with van der Waals surface area (Å²) in [5, 5.41) is 4.00. The maximum absolute atomic E-state index is 14.1. The van der Waals surface area contributed by atoms with E-state index in [1.165, 1.54) is 32.1 Å². The molecule has 106 valence electrons. The molecule has 0 radical (unpaired) electrons. The van der Waals surface area contributed by atoms with Gasteiger partial charge in [0.05, 0.1) is 0 Å². The number of hydrogen-bond acceptors (Lipinski definition) is 2. The third kappa shape index (κ3) is 3.96. The van der Waals surface area contributed by atoms with Crippen LogP contribution in [0.4, 0.5) is 4.39 Å². The molecule has 0 bridgehead atoms. The van der Waals surface area contributed by atoms with Crippen LogP contribution < -0.4 is 5.32 Å². The summed E-state index contributed by atoms with van der Waals surface area (Å²) in [5.74, 6) is -0.0748. The summed E-state index contributed by atoms with van der Waals surface area (Å²) in [6.45, 7) is 4.97. The topological polar surface area (TPSA) is 12.0 Å². The summed E-state index contributed by atoms with van der Waals surface area (Å²) in [6.07, 6.45) is 6.56. The summed E-state index contributed by atoms with van der Waals surface area (Å²) < 4.78 is 14.1. The standard InChI is InChI=1S/C16H24FNS/c1-3-18-12(2)16-14(17)10-7-11-15(16)19-13-8-5-4-6-9-13/h7,10-13,18H,3-6,8-9H2,1-2H3. The Balaban J connectivity index is 2.16. The molecule has 3 heteroatoms. The lowest BCUT2D eigenvalue weighted by Crippen LogP contribution is -2.20. The Kier molecular flexibility index (Phi) is 5.71. The van der Waals surface area contributed by atoms with Gasteiger partial charge < -0.3 is 5.32 Å². The average Bonchev–Trinajstić information content (AvgIpc) is 2.40. The van der Waals surface area contributed by atoms with Crippen molar-refractivity contribution >= 4 is 11.8 Å². The van der Waals surface area contributed by atoms with Gasteiger partial charge in [-0.2, -0.15) is 0 Å². The van der Waals surface area contributed by atoms with Crippen LogP contribution in [0.2, 0.25) is 0 Å². The van der Waals surface area contributed by atoms with Gasteiger partial charge in [0.2, 0.25) is 0 Å². The number of rotatable bonds is 5. The van der Waals surface area contributed by atoms with Gasteiger partial charge in [-0.1, -0.05) is 32.3 Å². The molecule has 2 rings (SSSR count). The van der Waals surface area contributed by atoms with E-state index in [4.69, 9.17) is 0 Å². The Morgan fingerprint density at radius 1 is 1.32 bits per heavy atom. The smallest absolute Gasteiger partial charge is 0.129 e. The molecule has 1 atom stereocenters. The first-order valence-electron chi connectivity index (χ1n) is 7.40. The molecule has 1 aromatic carbocycles. The van der Waals surface area contributed by atoms with Crippen molar-refractivity contribution in [2.24, 2.45) is 0 Å². The van der Waals surface area contributed by atoms with Gasteiger partial charge in [-0.25, -0.2) is 4.39 Å². The number of benzene rings is 1. The van der Waals surface area contributed by atoms with Gasteiger partial charge in [-0.3, -0.25) is 0 Å². The SMILES string of the molecule is CCNC(C)c1c(F)cccc1SC1CCCCC1. The summed E-state index contributed by atoms with van der Waals surface area (Å²) in [7, 11) is 0. The van der Waals surface area contributed by atoms with Crippen molar-refractivity contribution in [3.63, 3.8) is 0 Å². The van der Waals surface area contributed by atoms with Crippen LogP contribution in [0.1, 0.15) is 57.6 Å². The Hall–Kier alpha value is -0.540. The van der Waals surface area contributed by atoms with E-state index >= 15 is 0 Å². The Morgan fingerprint density at radius 3 is 2.74 bits per heavy atom. The van der Waals surface area contributed by atoms with Gasteiger partial charge in [0.1, 0.15) is 5.82 Å². The largest absolute Gasteiger partial charge is 0.310 e. The van der Waals surface area contributed by atoms with Crippen LogP contribution in [-0.4, -0.2) is 11.8 Å². The molecule has 1 nitrogen and oxygen atoms in total. The van der Waals surface area contributed by atoms with E-state index in [2.05, 4.69) is 18.3 Å². The fourth-order valence-corrected chi connectivity index (χ4v) is 4.30. The zero-order valence-corrected chi connectivity index (χ0v) is 12.7. The van der Waals surface area contributed by atoms with Gasteiger partial charge in [-0.15, -0.1) is 11.8 Å². The van der Waals surface area contributed by atoms with Crippen molar-refractivity contribution in [2.45, 2.75) is 62.1 Å². The highest BCUT2D eigenvalue weighted by Crippen LogP contribution is 2.37. The molecule has 1 aromatic rings. The molecule has 1 fully saturated rings. The number of halogens is 1. The van der Waals surface area contributed by atoms with E-state index in [9.17, 15) is 4.39 Å². The Morgan fingerprint density at radius 2 is 2.05 bits per heavy atom. The van der Waals surface area contributed by atoms with E-state index < -0.39 is 0 Å². The molecule has 19 heavy (non-hydrogen) atoms. The lowest BCUT2D eigenvalue weighted by molar-refractivity contribution is 0.513. The van der Waals surface area contributed by atoms with E-state index in [0.717, 1.165) is 17.0 Å². The first kappa shape index (κ1) is 14.9. The van der Waals surface area contributed by atoms with Crippen molar-refractivity contribution < 1.29 is 4.39 Å². The zero-order valence-electron chi connectivity index (χ0n) is 11.9. The van der Waals surface area contributed by atoms with Gasteiger partial charge in [-0.05, 0) is 38.4 Å². The van der Waals surface area contributed by atoms with Crippen molar-refractivity contribution in [3.8, 4) is 0 Å². The highest BCUT2D eigenvalue weighted by atomic mass is 32.2.